The van der Waals surface area contributed by atoms with Crippen LogP contribution >= 0.6 is 0 Å². The molecule has 0 atom stereocenters. The first-order valence-electron chi connectivity index (χ1n) is 8.44. The first-order chi connectivity index (χ1) is 12.9. The van der Waals surface area contributed by atoms with Gasteiger partial charge < -0.3 is 9.40 Å². The van der Waals surface area contributed by atoms with Gasteiger partial charge in [-0.3, -0.25) is 9.69 Å². The summed E-state index contributed by atoms with van der Waals surface area (Å²) in [4.78, 5) is 21.8. The van der Waals surface area contributed by atoms with Crippen LogP contribution in [0.2, 0.25) is 0 Å². The third-order valence-electron chi connectivity index (χ3n) is 4.59. The molecule has 1 N–H and O–H groups in total. The number of benzene rings is 1. The van der Waals surface area contributed by atoms with Gasteiger partial charge in [0.2, 0.25) is 0 Å². The molecule has 0 aliphatic carbocycles. The lowest BCUT2D eigenvalue weighted by Crippen LogP contribution is -2.35. The molecular formula is C19H16F3N3O2. The van der Waals surface area contributed by atoms with Crippen molar-refractivity contribution in [1.82, 2.24) is 14.9 Å². The zero-order valence-corrected chi connectivity index (χ0v) is 14.2. The van der Waals surface area contributed by atoms with E-state index in [4.69, 9.17) is 4.42 Å². The number of nitrogens with one attached hydrogen (secondary N) is 1. The van der Waals surface area contributed by atoms with Crippen molar-refractivity contribution in [1.29, 1.82) is 0 Å². The fourth-order valence-electron chi connectivity index (χ4n) is 3.19. The first kappa shape index (κ1) is 17.5. The number of hydrogen-bond acceptors (Lipinski definition) is 4. The maximum atomic E-state index is 12.7. The van der Waals surface area contributed by atoms with Crippen molar-refractivity contribution in [3.8, 4) is 11.4 Å². The highest BCUT2D eigenvalue weighted by Crippen LogP contribution is 2.30. The summed E-state index contributed by atoms with van der Waals surface area (Å²) in [6, 6.07) is 8.31. The summed E-state index contributed by atoms with van der Waals surface area (Å²) in [7, 11) is 0. The molecule has 2 aromatic heterocycles. The van der Waals surface area contributed by atoms with Gasteiger partial charge in [-0.1, -0.05) is 12.1 Å². The second-order valence-electron chi connectivity index (χ2n) is 6.45. The van der Waals surface area contributed by atoms with E-state index in [1.54, 1.807) is 6.26 Å². The van der Waals surface area contributed by atoms with Crippen molar-refractivity contribution in [3.63, 3.8) is 0 Å². The highest BCUT2D eigenvalue weighted by atomic mass is 19.4. The number of rotatable bonds is 3. The van der Waals surface area contributed by atoms with Gasteiger partial charge in [0.1, 0.15) is 11.6 Å². The van der Waals surface area contributed by atoms with Gasteiger partial charge in [-0.25, -0.2) is 4.98 Å². The molecule has 0 saturated heterocycles. The van der Waals surface area contributed by atoms with Crippen molar-refractivity contribution >= 4 is 0 Å². The van der Waals surface area contributed by atoms with Gasteiger partial charge in [-0.05, 0) is 24.3 Å². The summed E-state index contributed by atoms with van der Waals surface area (Å²) in [5.74, 6) is 1.11. The summed E-state index contributed by atoms with van der Waals surface area (Å²) >= 11 is 0. The Hall–Kier alpha value is -2.87. The van der Waals surface area contributed by atoms with Gasteiger partial charge in [0, 0.05) is 25.1 Å². The molecular weight excluding hydrogens is 359 g/mol. The largest absolute Gasteiger partial charge is 0.468 e. The number of halogens is 3. The molecule has 0 spiro atoms. The van der Waals surface area contributed by atoms with Gasteiger partial charge in [-0.2, -0.15) is 13.2 Å². The van der Waals surface area contributed by atoms with Crippen LogP contribution in [0.4, 0.5) is 13.2 Å². The molecule has 27 heavy (non-hydrogen) atoms. The Labute approximate surface area is 152 Å². The Balaban J connectivity index is 1.58. The number of alkyl halides is 3. The van der Waals surface area contributed by atoms with Gasteiger partial charge in [0.05, 0.1) is 29.6 Å². The monoisotopic (exact) mass is 375 g/mol. The number of nitrogens with zero attached hydrogens (tertiary/aromatic N) is 2. The predicted molar refractivity (Wildman–Crippen MR) is 91.8 cm³/mol. The van der Waals surface area contributed by atoms with Crippen molar-refractivity contribution in [3.05, 3.63) is 75.6 Å². The van der Waals surface area contributed by atoms with Gasteiger partial charge in [0.15, 0.2) is 0 Å². The SMILES string of the molecule is O=c1[nH]c(-c2ccc(C(F)(F)F)cc2)nc2c1CN(Cc1ccco1)CC2. The van der Waals surface area contributed by atoms with Crippen LogP contribution in [0.15, 0.2) is 51.9 Å². The number of fused-ring (bicyclic) bond motifs is 1. The van der Waals surface area contributed by atoms with Crippen LogP contribution < -0.4 is 5.56 Å². The quantitative estimate of drug-likeness (QED) is 0.760. The predicted octanol–water partition coefficient (Wildman–Crippen LogP) is 3.61. The normalized spacial score (nSPS) is 14.9. The lowest BCUT2D eigenvalue weighted by atomic mass is 10.1. The van der Waals surface area contributed by atoms with E-state index < -0.39 is 11.7 Å². The molecule has 0 radical (unpaired) electrons. The summed E-state index contributed by atoms with van der Waals surface area (Å²) in [5, 5.41) is 0. The molecule has 4 rings (SSSR count). The molecule has 140 valence electrons. The van der Waals surface area contributed by atoms with Crippen molar-refractivity contribution in [2.75, 3.05) is 6.54 Å². The van der Waals surface area contributed by atoms with Crippen LogP contribution in [0, 0.1) is 0 Å². The average molecular weight is 375 g/mol. The van der Waals surface area contributed by atoms with E-state index in [-0.39, 0.29) is 11.4 Å². The maximum Gasteiger partial charge on any atom is 0.416 e. The number of aromatic amines is 1. The standard InChI is InChI=1S/C19H16F3N3O2/c20-19(21,22)13-5-3-12(4-6-13)17-23-16-7-8-25(10-14-2-1-9-27-14)11-15(16)18(26)24-17/h1-6,9H,7-8,10-11H2,(H,23,24,26). The number of furan rings is 1. The van der Waals surface area contributed by atoms with E-state index >= 15 is 0 Å². The molecule has 8 heteroatoms. The maximum absolute atomic E-state index is 12.7. The van der Waals surface area contributed by atoms with Crippen LogP contribution in [0.25, 0.3) is 11.4 Å². The minimum absolute atomic E-state index is 0.265. The fraction of sp³-hybridized carbons (Fsp3) is 0.263. The smallest absolute Gasteiger partial charge is 0.416 e. The molecule has 1 aliphatic heterocycles. The highest BCUT2D eigenvalue weighted by Gasteiger charge is 2.30. The van der Waals surface area contributed by atoms with Crippen molar-refractivity contribution < 1.29 is 17.6 Å². The summed E-state index contributed by atoms with van der Waals surface area (Å²) < 4.78 is 43.4. The molecule has 0 fully saturated rings. The molecule has 0 saturated carbocycles. The van der Waals surface area contributed by atoms with Crippen LogP contribution in [0.1, 0.15) is 22.6 Å². The van der Waals surface area contributed by atoms with E-state index in [1.165, 1.54) is 12.1 Å². The molecule has 5 nitrogen and oxygen atoms in total. The molecule has 0 unspecified atom stereocenters. The molecule has 1 aliphatic rings. The zero-order chi connectivity index (χ0) is 19.0. The van der Waals surface area contributed by atoms with Crippen LogP contribution in [0.5, 0.6) is 0 Å². The topological polar surface area (TPSA) is 62.1 Å². The second kappa shape index (κ2) is 6.70. The van der Waals surface area contributed by atoms with E-state index in [0.29, 0.717) is 36.3 Å². The number of aromatic nitrogens is 2. The fourth-order valence-corrected chi connectivity index (χ4v) is 3.19. The van der Waals surface area contributed by atoms with Crippen molar-refractivity contribution in [2.45, 2.75) is 25.7 Å². The first-order valence-corrected chi connectivity index (χ1v) is 8.44. The van der Waals surface area contributed by atoms with Crippen LogP contribution in [0.3, 0.4) is 0 Å². The van der Waals surface area contributed by atoms with Crippen LogP contribution in [-0.4, -0.2) is 21.4 Å². The molecule has 1 aromatic carbocycles. The molecule has 0 bridgehead atoms. The van der Waals surface area contributed by atoms with Gasteiger partial charge >= 0.3 is 6.18 Å². The van der Waals surface area contributed by atoms with Crippen molar-refractivity contribution in [2.24, 2.45) is 0 Å². The Morgan fingerprint density at radius 1 is 1.19 bits per heavy atom. The minimum atomic E-state index is -4.40. The third-order valence-corrected chi connectivity index (χ3v) is 4.59. The summed E-state index contributed by atoms with van der Waals surface area (Å²) in [5.41, 5.74) is 0.716. The Bertz CT molecular complexity index is 993. The number of H-pyrrole nitrogens is 1. The Morgan fingerprint density at radius 2 is 1.96 bits per heavy atom. The molecule has 3 aromatic rings. The Morgan fingerprint density at radius 3 is 2.63 bits per heavy atom. The molecule has 3 heterocycles. The van der Waals surface area contributed by atoms with E-state index in [2.05, 4.69) is 14.9 Å². The highest BCUT2D eigenvalue weighted by molar-refractivity contribution is 5.56. The second-order valence-corrected chi connectivity index (χ2v) is 6.45. The van der Waals surface area contributed by atoms with E-state index in [1.807, 2.05) is 12.1 Å². The minimum Gasteiger partial charge on any atom is -0.468 e. The third kappa shape index (κ3) is 3.66. The van der Waals surface area contributed by atoms with E-state index in [0.717, 1.165) is 24.4 Å². The Kier molecular flexibility index (Phi) is 4.35. The average Bonchev–Trinajstić information content (AvgIpc) is 3.14. The molecule has 0 amide bonds. The lowest BCUT2D eigenvalue weighted by Gasteiger charge is -2.26. The summed E-state index contributed by atoms with van der Waals surface area (Å²) in [6.45, 7) is 1.77. The van der Waals surface area contributed by atoms with Gasteiger partial charge in [-0.15, -0.1) is 0 Å². The van der Waals surface area contributed by atoms with E-state index in [9.17, 15) is 18.0 Å². The zero-order valence-electron chi connectivity index (χ0n) is 14.2. The van der Waals surface area contributed by atoms with Crippen LogP contribution in [-0.2, 0) is 25.7 Å². The van der Waals surface area contributed by atoms with Gasteiger partial charge in [0.25, 0.3) is 5.56 Å². The number of hydrogen-bond donors (Lipinski definition) is 1. The lowest BCUT2D eigenvalue weighted by molar-refractivity contribution is -0.137. The summed E-state index contributed by atoms with van der Waals surface area (Å²) in [6.07, 6.45) is -2.20.